The zero-order valence-corrected chi connectivity index (χ0v) is 26.9. The fourth-order valence-electron chi connectivity index (χ4n) is 5.56. The fraction of sp³-hybridized carbons (Fsp3) is 0.516. The van der Waals surface area contributed by atoms with Crippen LogP contribution in [0.25, 0.3) is 21.1 Å². The van der Waals surface area contributed by atoms with Crippen LogP contribution in [0, 0.1) is 11.3 Å². The molecule has 3 aromatic rings. The van der Waals surface area contributed by atoms with Crippen molar-refractivity contribution in [3.63, 3.8) is 0 Å². The molecule has 5 rings (SSSR count). The van der Waals surface area contributed by atoms with Gasteiger partial charge in [-0.25, -0.2) is 4.98 Å². The van der Waals surface area contributed by atoms with Crippen molar-refractivity contribution in [2.45, 2.75) is 83.5 Å². The summed E-state index contributed by atoms with van der Waals surface area (Å²) in [5.41, 5.74) is 4.55. The normalized spacial score (nSPS) is 18.8. The number of nitrogens with zero attached hydrogens (tertiary/aromatic N) is 5. The molecule has 1 aliphatic heterocycles. The van der Waals surface area contributed by atoms with Crippen molar-refractivity contribution in [1.82, 2.24) is 20.1 Å². The lowest BCUT2D eigenvalue weighted by Gasteiger charge is -2.36. The number of nitriles is 1. The van der Waals surface area contributed by atoms with Gasteiger partial charge in [-0.1, -0.05) is 50.3 Å². The average molecular weight is 590 g/mol. The Bertz CT molecular complexity index is 1510. The smallest absolute Gasteiger partial charge is 0.231 e. The van der Waals surface area contributed by atoms with Crippen LogP contribution < -0.4 is 4.74 Å². The quantitative estimate of drug-likeness (QED) is 0.282. The van der Waals surface area contributed by atoms with Crippen LogP contribution in [0.1, 0.15) is 64.2 Å². The van der Waals surface area contributed by atoms with Crippen molar-refractivity contribution in [2.75, 3.05) is 19.7 Å². The number of amides is 1. The molecule has 0 radical (unpaired) electrons. The van der Waals surface area contributed by atoms with E-state index in [0.717, 1.165) is 35.5 Å². The zero-order valence-electron chi connectivity index (χ0n) is 25.1. The van der Waals surface area contributed by atoms with E-state index < -0.39 is 8.32 Å². The molecule has 1 amide bonds. The number of carbonyl (C=O) groups is 1. The summed E-state index contributed by atoms with van der Waals surface area (Å²) in [7, 11) is -1.85. The molecule has 1 aromatic carbocycles. The van der Waals surface area contributed by atoms with E-state index in [2.05, 4.69) is 73.3 Å². The zero-order chi connectivity index (χ0) is 29.6. The van der Waals surface area contributed by atoms with Crippen molar-refractivity contribution in [1.29, 1.82) is 5.26 Å². The predicted octanol–water partition coefficient (Wildman–Crippen LogP) is 6.36. The number of benzene rings is 1. The SMILES string of the molecule is CC(C)Oc1ncc(-c2nnc(-c3cccc4c3CCC43CC(=O)N(CCO[Si](C)(C)C(C)(C)C)C3)s2)cc1C#N. The van der Waals surface area contributed by atoms with Crippen LogP contribution in [0.3, 0.4) is 0 Å². The third-order valence-corrected chi connectivity index (χ3v) is 14.3. The number of likely N-dealkylation sites (tertiary alicyclic amines) is 1. The van der Waals surface area contributed by atoms with Crippen LogP contribution in [-0.4, -0.2) is 60.1 Å². The van der Waals surface area contributed by atoms with Crippen LogP contribution in [0.4, 0.5) is 0 Å². The molecule has 41 heavy (non-hydrogen) atoms. The molecule has 0 bridgehead atoms. The van der Waals surface area contributed by atoms with E-state index in [1.807, 2.05) is 18.7 Å². The number of hydrogen-bond acceptors (Lipinski definition) is 8. The third-order valence-electron chi connectivity index (χ3n) is 8.79. The molecule has 8 nitrogen and oxygen atoms in total. The van der Waals surface area contributed by atoms with Crippen LogP contribution >= 0.6 is 11.3 Å². The van der Waals surface area contributed by atoms with Crippen molar-refractivity contribution in [3.8, 4) is 33.1 Å². The van der Waals surface area contributed by atoms with E-state index in [9.17, 15) is 10.1 Å². The van der Waals surface area contributed by atoms with Gasteiger partial charge in [0.2, 0.25) is 11.8 Å². The summed E-state index contributed by atoms with van der Waals surface area (Å²) in [4.78, 5) is 19.5. The van der Waals surface area contributed by atoms with Crippen LogP contribution in [-0.2, 0) is 21.1 Å². The highest BCUT2D eigenvalue weighted by Crippen LogP contribution is 2.49. The second-order valence-corrected chi connectivity index (χ2v) is 18.8. The fourth-order valence-corrected chi connectivity index (χ4v) is 7.47. The molecule has 0 N–H and O–H groups in total. The van der Waals surface area contributed by atoms with E-state index in [-0.39, 0.29) is 22.5 Å². The molecule has 10 heteroatoms. The van der Waals surface area contributed by atoms with Crippen molar-refractivity contribution < 1.29 is 14.0 Å². The summed E-state index contributed by atoms with van der Waals surface area (Å²) in [6.07, 6.45) is 4.00. The second kappa shape index (κ2) is 10.9. The van der Waals surface area contributed by atoms with Gasteiger partial charge in [0.25, 0.3) is 0 Å². The Morgan fingerprint density at radius 1 is 1.22 bits per heavy atom. The maximum Gasteiger partial charge on any atom is 0.231 e. The van der Waals surface area contributed by atoms with Crippen LogP contribution in [0.2, 0.25) is 18.1 Å². The Balaban J connectivity index is 1.35. The summed E-state index contributed by atoms with van der Waals surface area (Å²) in [6.45, 7) is 17.0. The number of hydrogen-bond donors (Lipinski definition) is 0. The van der Waals surface area contributed by atoms with E-state index in [1.165, 1.54) is 22.5 Å². The summed E-state index contributed by atoms with van der Waals surface area (Å²) in [5.74, 6) is 0.542. The number of aromatic nitrogens is 3. The Morgan fingerprint density at radius 3 is 2.68 bits per heavy atom. The lowest BCUT2D eigenvalue weighted by molar-refractivity contribution is -0.128. The molecule has 216 valence electrons. The second-order valence-electron chi connectivity index (χ2n) is 13.0. The summed E-state index contributed by atoms with van der Waals surface area (Å²) < 4.78 is 12.0. The molecule has 1 spiro atoms. The van der Waals surface area contributed by atoms with Gasteiger partial charge in [0, 0.05) is 42.2 Å². The molecule has 1 saturated heterocycles. The number of carbonyl (C=O) groups excluding carboxylic acids is 1. The van der Waals surface area contributed by atoms with Gasteiger partial charge in [0.1, 0.15) is 21.6 Å². The van der Waals surface area contributed by atoms with E-state index in [1.54, 1.807) is 12.3 Å². The molecule has 2 aromatic heterocycles. The lowest BCUT2D eigenvalue weighted by atomic mass is 9.80. The van der Waals surface area contributed by atoms with Crippen LogP contribution in [0.15, 0.2) is 30.5 Å². The van der Waals surface area contributed by atoms with Crippen LogP contribution in [0.5, 0.6) is 5.88 Å². The highest BCUT2D eigenvalue weighted by molar-refractivity contribution is 7.17. The lowest BCUT2D eigenvalue weighted by Crippen LogP contribution is -2.43. The first kappa shape index (κ1) is 29.4. The van der Waals surface area contributed by atoms with E-state index >= 15 is 0 Å². The number of rotatable bonds is 8. The molecular formula is C31H39N5O3SSi. The minimum absolute atomic E-state index is 0.0742. The van der Waals surface area contributed by atoms with Gasteiger partial charge in [-0.05, 0) is 62.0 Å². The van der Waals surface area contributed by atoms with Gasteiger partial charge >= 0.3 is 0 Å². The highest BCUT2D eigenvalue weighted by atomic mass is 32.1. The minimum atomic E-state index is -1.85. The first-order valence-corrected chi connectivity index (χ1v) is 18.0. The topological polar surface area (TPSA) is 101 Å². The molecule has 1 aliphatic carbocycles. The molecule has 1 atom stereocenters. The summed E-state index contributed by atoms with van der Waals surface area (Å²) in [5, 5.41) is 20.3. The van der Waals surface area contributed by atoms with Gasteiger partial charge in [-0.15, -0.1) is 10.2 Å². The number of ether oxygens (including phenoxy) is 1. The number of fused-ring (bicyclic) bond motifs is 2. The molecule has 1 unspecified atom stereocenters. The molecular weight excluding hydrogens is 551 g/mol. The van der Waals surface area contributed by atoms with Gasteiger partial charge in [-0.2, -0.15) is 5.26 Å². The molecule has 2 aliphatic rings. The van der Waals surface area contributed by atoms with Gasteiger partial charge in [0.15, 0.2) is 8.32 Å². The molecule has 1 fully saturated rings. The first-order chi connectivity index (χ1) is 19.3. The largest absolute Gasteiger partial charge is 0.474 e. The summed E-state index contributed by atoms with van der Waals surface area (Å²) in [6, 6.07) is 10.3. The Kier molecular flexibility index (Phi) is 7.83. The average Bonchev–Trinajstić information content (AvgIpc) is 3.61. The van der Waals surface area contributed by atoms with E-state index in [0.29, 0.717) is 36.0 Å². The highest BCUT2D eigenvalue weighted by Gasteiger charge is 2.48. The number of pyridine rings is 1. The molecule has 0 saturated carbocycles. The predicted molar refractivity (Wildman–Crippen MR) is 163 cm³/mol. The standard InChI is InChI=1S/C31H39N5O3SSi/c1-20(2)39-27-21(17-32)15-22(18-33-27)28-34-35-29(40-28)24-9-8-10-25-23(24)11-12-31(25)16-26(37)36(19-31)13-14-38-41(6,7)30(3,4)5/h8-10,15,18,20H,11-14,16,19H2,1-7H3. The summed E-state index contributed by atoms with van der Waals surface area (Å²) >= 11 is 1.49. The Morgan fingerprint density at radius 2 is 1.98 bits per heavy atom. The Labute approximate surface area is 247 Å². The van der Waals surface area contributed by atoms with Gasteiger partial charge in [-0.3, -0.25) is 4.79 Å². The monoisotopic (exact) mass is 589 g/mol. The van der Waals surface area contributed by atoms with Crippen molar-refractivity contribution >= 4 is 25.6 Å². The molecule has 3 heterocycles. The maximum absolute atomic E-state index is 13.2. The van der Waals surface area contributed by atoms with E-state index in [4.69, 9.17) is 9.16 Å². The van der Waals surface area contributed by atoms with Crippen molar-refractivity contribution in [3.05, 3.63) is 47.2 Å². The van der Waals surface area contributed by atoms with Crippen molar-refractivity contribution in [2.24, 2.45) is 0 Å². The first-order valence-electron chi connectivity index (χ1n) is 14.3. The van der Waals surface area contributed by atoms with Gasteiger partial charge in [0.05, 0.1) is 12.7 Å². The maximum atomic E-state index is 13.2. The minimum Gasteiger partial charge on any atom is -0.474 e. The third kappa shape index (κ3) is 5.68. The van der Waals surface area contributed by atoms with Gasteiger partial charge < -0.3 is 14.1 Å². The Hall–Kier alpha value is -3.13.